The summed E-state index contributed by atoms with van der Waals surface area (Å²) in [6.45, 7) is 6.16. The third kappa shape index (κ3) is 3.99. The zero-order valence-corrected chi connectivity index (χ0v) is 11.4. The molecule has 0 aliphatic heterocycles. The molecule has 0 heterocycles. The Morgan fingerprint density at radius 1 is 1.15 bits per heavy atom. The number of nitrogens with one attached hydrogen (secondary N) is 1. The van der Waals surface area contributed by atoms with Gasteiger partial charge in [-0.15, -0.1) is 0 Å². The average Bonchev–Trinajstić information content (AvgIpc) is 2.46. The van der Waals surface area contributed by atoms with E-state index in [4.69, 9.17) is 4.74 Å². The summed E-state index contributed by atoms with van der Waals surface area (Å²) in [5, 5.41) is 2.84. The highest BCUT2D eigenvalue weighted by Gasteiger charge is 2.05. The highest BCUT2D eigenvalue weighted by atomic mass is 16.5. The molecule has 102 valence electrons. The van der Waals surface area contributed by atoms with E-state index in [-0.39, 0.29) is 5.91 Å². The molecule has 1 N–H and O–H groups in total. The molecule has 0 saturated carbocycles. The standard InChI is InChI=1S/C17H17NO2/c1-13(2)12-20-16-10-6-9-15(11-16)18-17(19)14-7-4-3-5-8-14/h3-11H,1,12H2,2H3,(H,18,19). The molecular formula is C17H17NO2. The lowest BCUT2D eigenvalue weighted by atomic mass is 10.2. The van der Waals surface area contributed by atoms with Gasteiger partial charge >= 0.3 is 0 Å². The summed E-state index contributed by atoms with van der Waals surface area (Å²) in [5.41, 5.74) is 2.28. The molecule has 0 fully saturated rings. The van der Waals surface area contributed by atoms with Gasteiger partial charge in [0.15, 0.2) is 0 Å². The second kappa shape index (κ2) is 6.57. The van der Waals surface area contributed by atoms with Crippen molar-refractivity contribution < 1.29 is 9.53 Å². The topological polar surface area (TPSA) is 38.3 Å². The van der Waals surface area contributed by atoms with Crippen molar-refractivity contribution in [1.82, 2.24) is 0 Å². The van der Waals surface area contributed by atoms with Gasteiger partial charge in [0.25, 0.3) is 5.91 Å². The van der Waals surface area contributed by atoms with Crippen molar-refractivity contribution in [3.63, 3.8) is 0 Å². The zero-order chi connectivity index (χ0) is 14.4. The zero-order valence-electron chi connectivity index (χ0n) is 11.4. The fourth-order valence-corrected chi connectivity index (χ4v) is 1.66. The van der Waals surface area contributed by atoms with Crippen molar-refractivity contribution in [2.75, 3.05) is 11.9 Å². The molecule has 0 aromatic heterocycles. The highest BCUT2D eigenvalue weighted by molar-refractivity contribution is 6.04. The van der Waals surface area contributed by atoms with Crippen molar-refractivity contribution in [3.8, 4) is 5.75 Å². The molecule has 3 nitrogen and oxygen atoms in total. The van der Waals surface area contributed by atoms with Crippen LogP contribution in [0.1, 0.15) is 17.3 Å². The number of anilines is 1. The van der Waals surface area contributed by atoms with Gasteiger partial charge in [-0.1, -0.05) is 30.8 Å². The quantitative estimate of drug-likeness (QED) is 0.834. The van der Waals surface area contributed by atoms with Crippen LogP contribution in [0.2, 0.25) is 0 Å². The predicted molar refractivity (Wildman–Crippen MR) is 81.1 cm³/mol. The van der Waals surface area contributed by atoms with Gasteiger partial charge in [0.1, 0.15) is 12.4 Å². The van der Waals surface area contributed by atoms with E-state index >= 15 is 0 Å². The Balaban J connectivity index is 2.04. The van der Waals surface area contributed by atoms with E-state index in [1.165, 1.54) is 0 Å². The molecule has 2 aromatic rings. The molecule has 3 heteroatoms. The van der Waals surface area contributed by atoms with E-state index in [0.29, 0.717) is 23.6 Å². The number of rotatable bonds is 5. The first-order chi connectivity index (χ1) is 9.65. The average molecular weight is 267 g/mol. The summed E-state index contributed by atoms with van der Waals surface area (Å²) < 4.78 is 5.54. The molecular weight excluding hydrogens is 250 g/mol. The van der Waals surface area contributed by atoms with E-state index in [1.54, 1.807) is 18.2 Å². The second-order valence-electron chi connectivity index (χ2n) is 4.59. The molecule has 1 amide bonds. The Kier molecular flexibility index (Phi) is 4.56. The van der Waals surface area contributed by atoms with Crippen molar-refractivity contribution in [2.45, 2.75) is 6.92 Å². The maximum Gasteiger partial charge on any atom is 0.255 e. The fraction of sp³-hybridized carbons (Fsp3) is 0.118. The monoisotopic (exact) mass is 267 g/mol. The Morgan fingerprint density at radius 2 is 1.90 bits per heavy atom. The number of benzene rings is 2. The first-order valence-corrected chi connectivity index (χ1v) is 6.39. The molecule has 0 radical (unpaired) electrons. The minimum atomic E-state index is -0.136. The van der Waals surface area contributed by atoms with Crippen LogP contribution in [-0.4, -0.2) is 12.5 Å². The van der Waals surface area contributed by atoms with Gasteiger partial charge in [-0.3, -0.25) is 4.79 Å². The molecule has 2 aromatic carbocycles. The molecule has 20 heavy (non-hydrogen) atoms. The van der Waals surface area contributed by atoms with Crippen LogP contribution >= 0.6 is 0 Å². The number of ether oxygens (including phenoxy) is 1. The third-order valence-electron chi connectivity index (χ3n) is 2.61. The molecule has 0 aliphatic carbocycles. The Bertz CT molecular complexity index is 605. The van der Waals surface area contributed by atoms with Crippen LogP contribution in [0.25, 0.3) is 0 Å². The van der Waals surface area contributed by atoms with Crippen molar-refractivity contribution >= 4 is 11.6 Å². The van der Waals surface area contributed by atoms with Crippen LogP contribution < -0.4 is 10.1 Å². The minimum Gasteiger partial charge on any atom is -0.489 e. The van der Waals surface area contributed by atoms with Crippen molar-refractivity contribution in [3.05, 3.63) is 72.3 Å². The summed E-state index contributed by atoms with van der Waals surface area (Å²) >= 11 is 0. The first-order valence-electron chi connectivity index (χ1n) is 6.39. The predicted octanol–water partition coefficient (Wildman–Crippen LogP) is 3.89. The van der Waals surface area contributed by atoms with Crippen LogP contribution in [0, 0.1) is 0 Å². The van der Waals surface area contributed by atoms with E-state index in [2.05, 4.69) is 11.9 Å². The van der Waals surface area contributed by atoms with Crippen molar-refractivity contribution in [2.24, 2.45) is 0 Å². The smallest absolute Gasteiger partial charge is 0.255 e. The molecule has 0 bridgehead atoms. The Morgan fingerprint density at radius 3 is 2.60 bits per heavy atom. The van der Waals surface area contributed by atoms with E-state index < -0.39 is 0 Å². The van der Waals surface area contributed by atoms with Gasteiger partial charge in [0.05, 0.1) is 0 Å². The third-order valence-corrected chi connectivity index (χ3v) is 2.61. The van der Waals surface area contributed by atoms with Crippen molar-refractivity contribution in [1.29, 1.82) is 0 Å². The van der Waals surface area contributed by atoms with E-state index in [9.17, 15) is 4.79 Å². The molecule has 2 rings (SSSR count). The van der Waals surface area contributed by atoms with Crippen LogP contribution in [0.5, 0.6) is 5.75 Å². The largest absolute Gasteiger partial charge is 0.489 e. The number of carbonyl (C=O) groups is 1. The summed E-state index contributed by atoms with van der Waals surface area (Å²) in [4.78, 5) is 12.0. The SMILES string of the molecule is C=C(C)COc1cccc(NC(=O)c2ccccc2)c1. The number of hydrogen-bond acceptors (Lipinski definition) is 2. The summed E-state index contributed by atoms with van der Waals surface area (Å²) in [5.74, 6) is 0.571. The van der Waals surface area contributed by atoms with Crippen LogP contribution in [0.3, 0.4) is 0 Å². The molecule has 0 unspecified atom stereocenters. The van der Waals surface area contributed by atoms with Crippen LogP contribution in [0.15, 0.2) is 66.7 Å². The molecule has 0 atom stereocenters. The normalized spacial score (nSPS) is 9.85. The van der Waals surface area contributed by atoms with E-state index in [1.807, 2.05) is 43.3 Å². The maximum absolute atomic E-state index is 12.0. The van der Waals surface area contributed by atoms with Gasteiger partial charge in [-0.05, 0) is 36.8 Å². The molecule has 0 aliphatic rings. The van der Waals surface area contributed by atoms with Gasteiger partial charge in [0.2, 0.25) is 0 Å². The first kappa shape index (κ1) is 13.9. The molecule has 0 spiro atoms. The Hall–Kier alpha value is -2.55. The lowest BCUT2D eigenvalue weighted by Gasteiger charge is -2.09. The van der Waals surface area contributed by atoms with Crippen LogP contribution in [-0.2, 0) is 0 Å². The Labute approximate surface area is 118 Å². The van der Waals surface area contributed by atoms with Gasteiger partial charge in [-0.2, -0.15) is 0 Å². The van der Waals surface area contributed by atoms with Gasteiger partial charge in [-0.25, -0.2) is 0 Å². The number of carbonyl (C=O) groups excluding carboxylic acids is 1. The minimum absolute atomic E-state index is 0.136. The fourth-order valence-electron chi connectivity index (χ4n) is 1.66. The van der Waals surface area contributed by atoms with Gasteiger partial charge in [0, 0.05) is 17.3 Å². The van der Waals surface area contributed by atoms with Gasteiger partial charge < -0.3 is 10.1 Å². The summed E-state index contributed by atoms with van der Waals surface area (Å²) in [6.07, 6.45) is 0. The lowest BCUT2D eigenvalue weighted by molar-refractivity contribution is 0.102. The summed E-state index contributed by atoms with van der Waals surface area (Å²) in [6, 6.07) is 16.4. The summed E-state index contributed by atoms with van der Waals surface area (Å²) in [7, 11) is 0. The number of hydrogen-bond donors (Lipinski definition) is 1. The lowest BCUT2D eigenvalue weighted by Crippen LogP contribution is -2.11. The van der Waals surface area contributed by atoms with E-state index in [0.717, 1.165) is 5.57 Å². The second-order valence-corrected chi connectivity index (χ2v) is 4.59. The highest BCUT2D eigenvalue weighted by Crippen LogP contribution is 2.18. The van der Waals surface area contributed by atoms with Crippen LogP contribution in [0.4, 0.5) is 5.69 Å². The molecule has 0 saturated heterocycles. The maximum atomic E-state index is 12.0. The number of amides is 1.